The van der Waals surface area contributed by atoms with Crippen molar-refractivity contribution in [1.29, 1.82) is 0 Å². The van der Waals surface area contributed by atoms with Crippen LogP contribution in [0, 0.1) is 13.8 Å². The number of aliphatic hydroxyl groups excluding tert-OH is 1. The summed E-state index contributed by atoms with van der Waals surface area (Å²) >= 11 is 0. The van der Waals surface area contributed by atoms with Gasteiger partial charge in [-0.25, -0.2) is 0 Å². The molecular formula is C17H22N2O. The van der Waals surface area contributed by atoms with Gasteiger partial charge in [-0.3, -0.25) is 0 Å². The van der Waals surface area contributed by atoms with Gasteiger partial charge in [-0.2, -0.15) is 0 Å². The molecule has 0 aromatic heterocycles. The van der Waals surface area contributed by atoms with E-state index < -0.39 is 6.10 Å². The van der Waals surface area contributed by atoms with Crippen LogP contribution in [0.4, 0.5) is 11.4 Å². The zero-order chi connectivity index (χ0) is 14.7. The highest BCUT2D eigenvalue weighted by Gasteiger charge is 2.12. The summed E-state index contributed by atoms with van der Waals surface area (Å²) in [6, 6.07) is 12.0. The molecule has 0 saturated heterocycles. The molecule has 2 aromatic rings. The zero-order valence-corrected chi connectivity index (χ0v) is 12.5. The van der Waals surface area contributed by atoms with Gasteiger partial charge in [0.05, 0.1) is 0 Å². The van der Waals surface area contributed by atoms with Crippen LogP contribution < -0.4 is 10.6 Å². The molecule has 2 rings (SSSR count). The summed E-state index contributed by atoms with van der Waals surface area (Å²) in [6.45, 7) is 4.08. The predicted molar refractivity (Wildman–Crippen MR) is 85.5 cm³/mol. The molecule has 0 unspecified atom stereocenters. The molecule has 3 nitrogen and oxygen atoms in total. The van der Waals surface area contributed by atoms with Gasteiger partial charge in [-0.15, -0.1) is 0 Å². The number of anilines is 2. The summed E-state index contributed by atoms with van der Waals surface area (Å²) in [5.41, 5.74) is 6.27. The van der Waals surface area contributed by atoms with Gasteiger partial charge in [0.2, 0.25) is 0 Å². The second-order valence-corrected chi connectivity index (χ2v) is 5.05. The lowest BCUT2D eigenvalue weighted by Crippen LogP contribution is -2.02. The molecule has 0 fully saturated rings. The normalized spacial score (nSPS) is 10.7. The maximum absolute atomic E-state index is 10.5. The van der Waals surface area contributed by atoms with Crippen molar-refractivity contribution in [3.05, 3.63) is 58.7 Å². The Hall–Kier alpha value is -2.00. The summed E-state index contributed by atoms with van der Waals surface area (Å²) in [5, 5.41) is 16.8. The number of benzene rings is 2. The minimum atomic E-state index is -0.593. The third-order valence-electron chi connectivity index (χ3n) is 3.67. The standard InChI is InChI=1S/C17H22N2O/c1-11-9-13(5-7-15(11)18-3)17(20)14-6-8-16(19-4)12(2)10-14/h5-10,17-20H,1-4H3. The Morgan fingerprint density at radius 2 is 1.20 bits per heavy atom. The first kappa shape index (κ1) is 14.4. The van der Waals surface area contributed by atoms with Gasteiger partial charge in [0.1, 0.15) is 6.10 Å². The van der Waals surface area contributed by atoms with Crippen LogP contribution in [0.1, 0.15) is 28.4 Å². The Bertz CT molecular complexity index is 554. The van der Waals surface area contributed by atoms with E-state index in [1.54, 1.807) is 0 Å². The topological polar surface area (TPSA) is 44.3 Å². The summed E-state index contributed by atoms with van der Waals surface area (Å²) in [4.78, 5) is 0. The van der Waals surface area contributed by atoms with Gasteiger partial charge in [-0.05, 0) is 48.2 Å². The quantitative estimate of drug-likeness (QED) is 0.797. The highest BCUT2D eigenvalue weighted by atomic mass is 16.3. The van der Waals surface area contributed by atoms with Crippen LogP contribution in [0.25, 0.3) is 0 Å². The van der Waals surface area contributed by atoms with Crippen molar-refractivity contribution in [3.63, 3.8) is 0 Å². The SMILES string of the molecule is CNc1ccc(C(O)c2ccc(NC)c(C)c2)cc1C. The van der Waals surface area contributed by atoms with E-state index in [-0.39, 0.29) is 0 Å². The van der Waals surface area contributed by atoms with Crippen LogP contribution in [-0.4, -0.2) is 19.2 Å². The van der Waals surface area contributed by atoms with E-state index in [0.717, 1.165) is 33.6 Å². The second kappa shape index (κ2) is 5.97. The van der Waals surface area contributed by atoms with Gasteiger partial charge >= 0.3 is 0 Å². The highest BCUT2D eigenvalue weighted by molar-refractivity contribution is 5.55. The molecule has 0 aliphatic carbocycles. The van der Waals surface area contributed by atoms with Crippen molar-refractivity contribution in [3.8, 4) is 0 Å². The average Bonchev–Trinajstić information content (AvgIpc) is 2.46. The van der Waals surface area contributed by atoms with E-state index >= 15 is 0 Å². The largest absolute Gasteiger partial charge is 0.388 e. The van der Waals surface area contributed by atoms with E-state index in [9.17, 15) is 5.11 Å². The number of aryl methyl sites for hydroxylation is 2. The average molecular weight is 270 g/mol. The zero-order valence-electron chi connectivity index (χ0n) is 12.5. The number of nitrogens with one attached hydrogen (secondary N) is 2. The molecule has 0 atom stereocenters. The fourth-order valence-electron chi connectivity index (χ4n) is 2.47. The molecule has 0 aliphatic rings. The molecule has 0 amide bonds. The number of aliphatic hydroxyl groups is 1. The molecule has 20 heavy (non-hydrogen) atoms. The fraction of sp³-hybridized carbons (Fsp3) is 0.294. The van der Waals surface area contributed by atoms with Crippen LogP contribution in [-0.2, 0) is 0 Å². The third kappa shape index (κ3) is 2.78. The Balaban J connectivity index is 2.33. The van der Waals surface area contributed by atoms with Crippen molar-refractivity contribution in [2.45, 2.75) is 20.0 Å². The molecule has 3 N–H and O–H groups in total. The number of hydrogen-bond donors (Lipinski definition) is 3. The lowest BCUT2D eigenvalue weighted by molar-refractivity contribution is 0.220. The van der Waals surface area contributed by atoms with E-state index in [2.05, 4.69) is 10.6 Å². The van der Waals surface area contributed by atoms with Crippen molar-refractivity contribution in [2.24, 2.45) is 0 Å². The monoisotopic (exact) mass is 270 g/mol. The van der Waals surface area contributed by atoms with Crippen LogP contribution in [0.2, 0.25) is 0 Å². The molecule has 2 aromatic carbocycles. The summed E-state index contributed by atoms with van der Waals surface area (Å²) in [5.74, 6) is 0. The molecule has 0 aliphatic heterocycles. The fourth-order valence-corrected chi connectivity index (χ4v) is 2.47. The summed E-state index contributed by atoms with van der Waals surface area (Å²) < 4.78 is 0. The van der Waals surface area contributed by atoms with Gasteiger partial charge < -0.3 is 15.7 Å². The minimum absolute atomic E-state index is 0.593. The second-order valence-electron chi connectivity index (χ2n) is 5.05. The molecule has 0 radical (unpaired) electrons. The first-order valence-corrected chi connectivity index (χ1v) is 6.81. The van der Waals surface area contributed by atoms with Gasteiger partial charge in [0.25, 0.3) is 0 Å². The summed E-state index contributed by atoms with van der Waals surface area (Å²) in [7, 11) is 3.80. The third-order valence-corrected chi connectivity index (χ3v) is 3.67. The first-order chi connectivity index (χ1) is 9.56. The minimum Gasteiger partial charge on any atom is -0.388 e. The van der Waals surface area contributed by atoms with Crippen molar-refractivity contribution in [2.75, 3.05) is 24.7 Å². The molecule has 0 heterocycles. The van der Waals surface area contributed by atoms with E-state index in [4.69, 9.17) is 0 Å². The summed E-state index contributed by atoms with van der Waals surface area (Å²) in [6.07, 6.45) is -0.593. The first-order valence-electron chi connectivity index (χ1n) is 6.81. The Kier molecular flexibility index (Phi) is 4.30. The molecule has 0 bridgehead atoms. The van der Waals surface area contributed by atoms with E-state index in [1.807, 2.05) is 64.3 Å². The molecular weight excluding hydrogens is 248 g/mol. The maximum Gasteiger partial charge on any atom is 0.104 e. The predicted octanol–water partition coefficient (Wildman–Crippen LogP) is 3.47. The smallest absolute Gasteiger partial charge is 0.104 e. The van der Waals surface area contributed by atoms with Crippen LogP contribution in [0.3, 0.4) is 0 Å². The van der Waals surface area contributed by atoms with Crippen LogP contribution >= 0.6 is 0 Å². The molecule has 106 valence electrons. The maximum atomic E-state index is 10.5. The Labute approximate surface area is 120 Å². The van der Waals surface area contributed by atoms with Gasteiger partial charge in [-0.1, -0.05) is 24.3 Å². The van der Waals surface area contributed by atoms with E-state index in [1.165, 1.54) is 0 Å². The van der Waals surface area contributed by atoms with E-state index in [0.29, 0.717) is 0 Å². The lowest BCUT2D eigenvalue weighted by atomic mass is 9.97. The number of hydrogen-bond acceptors (Lipinski definition) is 3. The molecule has 0 saturated carbocycles. The van der Waals surface area contributed by atoms with Crippen molar-refractivity contribution < 1.29 is 5.11 Å². The van der Waals surface area contributed by atoms with Crippen molar-refractivity contribution >= 4 is 11.4 Å². The molecule has 0 spiro atoms. The van der Waals surface area contributed by atoms with Crippen LogP contribution in [0.5, 0.6) is 0 Å². The van der Waals surface area contributed by atoms with Crippen molar-refractivity contribution in [1.82, 2.24) is 0 Å². The Morgan fingerprint density at radius 3 is 1.50 bits per heavy atom. The highest BCUT2D eigenvalue weighted by Crippen LogP contribution is 2.28. The van der Waals surface area contributed by atoms with Gasteiger partial charge in [0.15, 0.2) is 0 Å². The molecule has 3 heteroatoms. The van der Waals surface area contributed by atoms with Crippen LogP contribution in [0.15, 0.2) is 36.4 Å². The number of rotatable bonds is 4. The Morgan fingerprint density at radius 1 is 0.800 bits per heavy atom. The lowest BCUT2D eigenvalue weighted by Gasteiger charge is -2.16. The van der Waals surface area contributed by atoms with Gasteiger partial charge in [0, 0.05) is 25.5 Å².